The van der Waals surface area contributed by atoms with E-state index in [1.807, 2.05) is 0 Å². The van der Waals surface area contributed by atoms with Gasteiger partial charge in [-0.25, -0.2) is 4.39 Å². The molecule has 0 N–H and O–H groups in total. The molecule has 1 heterocycles. The Balaban J connectivity index is 2.90. The summed E-state index contributed by atoms with van der Waals surface area (Å²) in [7, 11) is 1.76. The van der Waals surface area contributed by atoms with Crippen LogP contribution in [0.1, 0.15) is 0 Å². The number of hydrogen-bond donors (Lipinski definition) is 0. The molecular weight excluding hydrogens is 143 g/mol. The molecule has 2 nitrogen and oxygen atoms in total. The molecule has 0 aliphatic carbocycles. The van der Waals surface area contributed by atoms with Gasteiger partial charge in [0.25, 0.3) is 0 Å². The zero-order chi connectivity index (χ0) is 7.84. The van der Waals surface area contributed by atoms with Crippen LogP contribution in [0.3, 0.4) is 0 Å². The Kier molecular flexibility index (Phi) is 1.18. The molecule has 1 aromatic carbocycles. The van der Waals surface area contributed by atoms with Crippen LogP contribution in [0.4, 0.5) is 4.39 Å². The van der Waals surface area contributed by atoms with Gasteiger partial charge in [-0.1, -0.05) is 0 Å². The molecule has 0 atom stereocenters. The first kappa shape index (κ1) is 6.34. The monoisotopic (exact) mass is 149 g/mol. The predicted octanol–water partition coefficient (Wildman–Crippen LogP) is 1.51. The molecule has 0 bridgehead atoms. The number of rotatable bonds is 0. The Labute approximate surface area is 63.3 Å². The molecule has 0 saturated heterocycles. The lowest BCUT2D eigenvalue weighted by Gasteiger charge is -1.85. The number of benzene rings is 1. The van der Waals surface area contributed by atoms with Gasteiger partial charge in [0.15, 0.2) is 5.82 Å². The molecule has 1 aromatic heterocycles. The Bertz CT molecular complexity index is 392. The first-order valence-electron chi connectivity index (χ1n) is 3.26. The fourth-order valence-corrected chi connectivity index (χ4v) is 1.07. The third-order valence-corrected chi connectivity index (χ3v) is 1.53. The van der Waals surface area contributed by atoms with Gasteiger partial charge in [-0.15, -0.1) is 0 Å². The van der Waals surface area contributed by atoms with Crippen LogP contribution in [0, 0.1) is 11.9 Å². The third-order valence-electron chi connectivity index (χ3n) is 1.53. The van der Waals surface area contributed by atoms with Gasteiger partial charge in [0.05, 0.1) is 0 Å². The van der Waals surface area contributed by atoms with E-state index in [-0.39, 0.29) is 5.82 Å². The van der Waals surface area contributed by atoms with Crippen LogP contribution in [0.25, 0.3) is 10.9 Å². The van der Waals surface area contributed by atoms with Crippen molar-refractivity contribution < 1.29 is 4.39 Å². The Morgan fingerprint density at radius 2 is 2.36 bits per heavy atom. The second kappa shape index (κ2) is 2.05. The minimum atomic E-state index is -0.317. The van der Waals surface area contributed by atoms with Crippen LogP contribution in [0.15, 0.2) is 18.3 Å². The van der Waals surface area contributed by atoms with E-state index in [9.17, 15) is 4.39 Å². The third kappa shape index (κ3) is 0.888. The van der Waals surface area contributed by atoms with Crippen molar-refractivity contribution in [1.29, 1.82) is 0 Å². The van der Waals surface area contributed by atoms with Crippen LogP contribution in [-0.4, -0.2) is 9.78 Å². The van der Waals surface area contributed by atoms with Crippen LogP contribution in [0.5, 0.6) is 0 Å². The number of aromatic nitrogens is 2. The molecule has 0 aliphatic heterocycles. The molecule has 3 heteroatoms. The maximum atomic E-state index is 12.9. The van der Waals surface area contributed by atoms with Crippen LogP contribution < -0.4 is 0 Å². The summed E-state index contributed by atoms with van der Waals surface area (Å²) in [5, 5.41) is 4.72. The fourth-order valence-electron chi connectivity index (χ4n) is 1.07. The second-order valence-electron chi connectivity index (χ2n) is 2.41. The Hall–Kier alpha value is -1.38. The van der Waals surface area contributed by atoms with Crippen molar-refractivity contribution in [1.82, 2.24) is 9.78 Å². The van der Waals surface area contributed by atoms with E-state index >= 15 is 0 Å². The summed E-state index contributed by atoms with van der Waals surface area (Å²) < 4.78 is 14.5. The SMILES string of the molecule is Cn1cc2c[c]cc(F)c2n1. The van der Waals surface area contributed by atoms with Gasteiger partial charge in [-0.3, -0.25) is 4.68 Å². The average molecular weight is 149 g/mol. The van der Waals surface area contributed by atoms with Crippen molar-refractivity contribution in [3.63, 3.8) is 0 Å². The highest BCUT2D eigenvalue weighted by molar-refractivity contribution is 5.78. The van der Waals surface area contributed by atoms with Gasteiger partial charge in [0.2, 0.25) is 0 Å². The van der Waals surface area contributed by atoms with Gasteiger partial charge in [0.1, 0.15) is 5.52 Å². The van der Waals surface area contributed by atoms with Gasteiger partial charge < -0.3 is 0 Å². The van der Waals surface area contributed by atoms with Gasteiger partial charge in [-0.2, -0.15) is 5.10 Å². The average Bonchev–Trinajstić information content (AvgIpc) is 2.31. The molecule has 11 heavy (non-hydrogen) atoms. The molecule has 0 amide bonds. The van der Waals surface area contributed by atoms with Crippen LogP contribution in [0.2, 0.25) is 0 Å². The molecule has 0 saturated carbocycles. The quantitative estimate of drug-likeness (QED) is 0.555. The number of fused-ring (bicyclic) bond motifs is 1. The molecule has 0 unspecified atom stereocenters. The summed E-state index contributed by atoms with van der Waals surface area (Å²) in [6, 6.07) is 5.69. The molecule has 2 aromatic rings. The van der Waals surface area contributed by atoms with Gasteiger partial charge in [0, 0.05) is 18.6 Å². The van der Waals surface area contributed by atoms with Crippen molar-refractivity contribution in [3.8, 4) is 0 Å². The summed E-state index contributed by atoms with van der Waals surface area (Å²) in [5.41, 5.74) is 0.409. The first-order chi connectivity index (χ1) is 5.27. The maximum absolute atomic E-state index is 12.9. The number of hydrogen-bond acceptors (Lipinski definition) is 1. The molecule has 0 spiro atoms. The normalized spacial score (nSPS) is 10.7. The molecular formula is C8H6FN2. The van der Waals surface area contributed by atoms with Gasteiger partial charge in [-0.05, 0) is 18.2 Å². The predicted molar refractivity (Wildman–Crippen MR) is 39.5 cm³/mol. The lowest BCUT2D eigenvalue weighted by Crippen LogP contribution is -1.86. The molecule has 55 valence electrons. The van der Waals surface area contributed by atoms with Crippen LogP contribution in [-0.2, 0) is 7.05 Å². The number of nitrogens with zero attached hydrogens (tertiary/aromatic N) is 2. The zero-order valence-corrected chi connectivity index (χ0v) is 6.00. The number of halogens is 1. The minimum absolute atomic E-state index is 0.317. The fraction of sp³-hybridized carbons (Fsp3) is 0.125. The van der Waals surface area contributed by atoms with Crippen molar-refractivity contribution in [3.05, 3.63) is 30.2 Å². The van der Waals surface area contributed by atoms with Gasteiger partial charge >= 0.3 is 0 Å². The largest absolute Gasteiger partial charge is 0.274 e. The lowest BCUT2D eigenvalue weighted by molar-refractivity contribution is 0.632. The van der Waals surface area contributed by atoms with E-state index in [0.29, 0.717) is 5.52 Å². The molecule has 0 aliphatic rings. The van der Waals surface area contributed by atoms with E-state index in [1.165, 1.54) is 6.07 Å². The Morgan fingerprint density at radius 3 is 3.09 bits per heavy atom. The Morgan fingerprint density at radius 1 is 1.55 bits per heavy atom. The lowest BCUT2D eigenvalue weighted by atomic mass is 10.2. The van der Waals surface area contributed by atoms with E-state index in [4.69, 9.17) is 0 Å². The molecule has 0 fully saturated rings. The highest BCUT2D eigenvalue weighted by Crippen LogP contribution is 2.13. The summed E-state index contributed by atoms with van der Waals surface area (Å²) >= 11 is 0. The van der Waals surface area contributed by atoms with Crippen molar-refractivity contribution >= 4 is 10.9 Å². The highest BCUT2D eigenvalue weighted by atomic mass is 19.1. The minimum Gasteiger partial charge on any atom is -0.274 e. The second-order valence-corrected chi connectivity index (χ2v) is 2.41. The summed E-state index contributed by atoms with van der Waals surface area (Å²) in [6.45, 7) is 0. The smallest absolute Gasteiger partial charge is 0.151 e. The first-order valence-corrected chi connectivity index (χ1v) is 3.26. The zero-order valence-electron chi connectivity index (χ0n) is 6.00. The molecule has 1 radical (unpaired) electrons. The van der Waals surface area contributed by atoms with Crippen LogP contribution >= 0.6 is 0 Å². The molecule has 2 rings (SSSR count). The van der Waals surface area contributed by atoms with Crippen molar-refractivity contribution in [2.24, 2.45) is 7.05 Å². The summed E-state index contributed by atoms with van der Waals surface area (Å²) in [6.07, 6.45) is 1.76. The van der Waals surface area contributed by atoms with Crippen molar-refractivity contribution in [2.75, 3.05) is 0 Å². The highest BCUT2D eigenvalue weighted by Gasteiger charge is 2.02. The summed E-state index contributed by atoms with van der Waals surface area (Å²) in [5.74, 6) is -0.317. The van der Waals surface area contributed by atoms with E-state index in [0.717, 1.165) is 5.39 Å². The van der Waals surface area contributed by atoms with Crippen molar-refractivity contribution in [2.45, 2.75) is 0 Å². The maximum Gasteiger partial charge on any atom is 0.151 e. The number of aryl methyl sites for hydroxylation is 1. The summed E-state index contributed by atoms with van der Waals surface area (Å²) in [4.78, 5) is 0. The van der Waals surface area contributed by atoms with E-state index in [1.54, 1.807) is 24.0 Å². The topological polar surface area (TPSA) is 17.8 Å². The van der Waals surface area contributed by atoms with E-state index < -0.39 is 0 Å². The standard InChI is InChI=1S/C8H6FN2/c1-11-5-6-3-2-4-7(9)8(6)10-11/h3-5H,1H3. The van der Waals surface area contributed by atoms with E-state index in [2.05, 4.69) is 11.2 Å².